The summed E-state index contributed by atoms with van der Waals surface area (Å²) < 4.78 is 25.1. The highest BCUT2D eigenvalue weighted by molar-refractivity contribution is 5.69. The summed E-state index contributed by atoms with van der Waals surface area (Å²) in [6.07, 6.45) is 1.24. The molecule has 0 heterocycles. The molecule has 9 heteroatoms. The first-order valence-corrected chi connectivity index (χ1v) is 7.57. The van der Waals surface area contributed by atoms with E-state index in [9.17, 15) is 14.4 Å². The molecule has 0 aliphatic rings. The zero-order valence-electron chi connectivity index (χ0n) is 14.3. The molecule has 0 aliphatic carbocycles. The van der Waals surface area contributed by atoms with Crippen LogP contribution in [0.2, 0.25) is 0 Å². The van der Waals surface area contributed by atoms with E-state index >= 15 is 0 Å². The van der Waals surface area contributed by atoms with Crippen LogP contribution in [-0.4, -0.2) is 77.6 Å². The van der Waals surface area contributed by atoms with E-state index in [2.05, 4.69) is 9.47 Å². The summed E-state index contributed by atoms with van der Waals surface area (Å²) in [7, 11) is 2.59. The van der Waals surface area contributed by atoms with Gasteiger partial charge in [-0.05, 0) is 0 Å². The number of methoxy groups -OCH3 is 2. The fraction of sp³-hybridized carbons (Fsp3) is 0.800. The first-order valence-electron chi connectivity index (χ1n) is 7.57. The molecule has 140 valence electrons. The quantitative estimate of drug-likeness (QED) is 0.235. The lowest BCUT2D eigenvalue weighted by molar-refractivity contribution is -0.142. The van der Waals surface area contributed by atoms with Gasteiger partial charge in [-0.25, -0.2) is 0 Å². The third-order valence-corrected chi connectivity index (χ3v) is 2.90. The number of rotatable bonds is 15. The minimum atomic E-state index is -0.963. The smallest absolute Gasteiger partial charge is 0.307 e. The third-order valence-electron chi connectivity index (χ3n) is 2.90. The van der Waals surface area contributed by atoms with E-state index in [0.717, 1.165) is 6.29 Å². The van der Waals surface area contributed by atoms with Crippen molar-refractivity contribution in [1.82, 2.24) is 0 Å². The monoisotopic (exact) mass is 349 g/mol. The summed E-state index contributed by atoms with van der Waals surface area (Å²) in [6, 6.07) is 0. The molecular formula is C15H27NO8. The fourth-order valence-corrected chi connectivity index (χ4v) is 1.60. The van der Waals surface area contributed by atoms with Gasteiger partial charge < -0.3 is 34.2 Å². The number of carbonyl (C=O) groups is 3. The molecule has 0 aliphatic heterocycles. The molecule has 2 N–H and O–H groups in total. The second kappa shape index (κ2) is 13.8. The van der Waals surface area contributed by atoms with Gasteiger partial charge >= 0.3 is 11.9 Å². The lowest BCUT2D eigenvalue weighted by atomic mass is 10.1. The minimum absolute atomic E-state index is 0.0866. The lowest BCUT2D eigenvalue weighted by Gasteiger charge is -2.28. The molecule has 0 fully saturated rings. The lowest BCUT2D eigenvalue weighted by Crippen LogP contribution is -2.53. The second-order valence-electron chi connectivity index (χ2n) is 5.13. The van der Waals surface area contributed by atoms with E-state index in [1.165, 1.54) is 14.2 Å². The van der Waals surface area contributed by atoms with Crippen LogP contribution in [-0.2, 0) is 38.1 Å². The van der Waals surface area contributed by atoms with Gasteiger partial charge in [0, 0.05) is 6.42 Å². The minimum Gasteiger partial charge on any atom is -0.469 e. The van der Waals surface area contributed by atoms with Crippen molar-refractivity contribution >= 4 is 18.2 Å². The number of carbonyl (C=O) groups excluding carboxylic acids is 3. The first kappa shape index (κ1) is 22.4. The Hall–Kier alpha value is -1.55. The van der Waals surface area contributed by atoms with Crippen LogP contribution in [0.5, 0.6) is 0 Å². The normalized spacial score (nSPS) is 11.1. The fourth-order valence-electron chi connectivity index (χ4n) is 1.60. The van der Waals surface area contributed by atoms with Crippen LogP contribution in [0.1, 0.15) is 19.3 Å². The first-order chi connectivity index (χ1) is 11.5. The van der Waals surface area contributed by atoms with Crippen LogP contribution in [0.4, 0.5) is 0 Å². The zero-order valence-corrected chi connectivity index (χ0v) is 14.3. The van der Waals surface area contributed by atoms with Crippen molar-refractivity contribution in [1.29, 1.82) is 0 Å². The average Bonchev–Trinajstić information content (AvgIpc) is 2.59. The Morgan fingerprint density at radius 2 is 1.29 bits per heavy atom. The zero-order chi connectivity index (χ0) is 18.3. The van der Waals surface area contributed by atoms with Crippen molar-refractivity contribution in [3.05, 3.63) is 0 Å². The van der Waals surface area contributed by atoms with Crippen molar-refractivity contribution in [3.63, 3.8) is 0 Å². The van der Waals surface area contributed by atoms with Crippen molar-refractivity contribution in [2.24, 2.45) is 5.73 Å². The van der Waals surface area contributed by atoms with E-state index < -0.39 is 5.54 Å². The maximum Gasteiger partial charge on any atom is 0.307 e. The molecule has 0 aromatic rings. The summed E-state index contributed by atoms with van der Waals surface area (Å²) in [5, 5.41) is 0. The molecule has 9 nitrogen and oxygen atoms in total. The predicted molar refractivity (Wildman–Crippen MR) is 83.3 cm³/mol. The Kier molecular flexibility index (Phi) is 13.0. The van der Waals surface area contributed by atoms with Crippen LogP contribution in [0.15, 0.2) is 0 Å². The molecule has 0 rings (SSSR count). The molecule has 0 spiro atoms. The molecular weight excluding hydrogens is 322 g/mol. The van der Waals surface area contributed by atoms with Gasteiger partial charge in [0.25, 0.3) is 0 Å². The highest BCUT2D eigenvalue weighted by atomic mass is 16.5. The maximum atomic E-state index is 11.0. The number of hydrogen-bond acceptors (Lipinski definition) is 9. The molecule has 0 atom stereocenters. The number of esters is 2. The van der Waals surface area contributed by atoms with Gasteiger partial charge in [0.05, 0.1) is 72.2 Å². The Balaban J connectivity index is 4.22. The van der Waals surface area contributed by atoms with Gasteiger partial charge in [-0.1, -0.05) is 0 Å². The summed E-state index contributed by atoms with van der Waals surface area (Å²) in [6.45, 7) is 0.834. The van der Waals surface area contributed by atoms with Gasteiger partial charge in [-0.3, -0.25) is 9.59 Å². The molecule has 0 aromatic carbocycles. The molecule has 0 unspecified atom stereocenters. The topological polar surface area (TPSA) is 123 Å². The average molecular weight is 349 g/mol. The highest BCUT2D eigenvalue weighted by Gasteiger charge is 2.27. The van der Waals surface area contributed by atoms with E-state index in [0.29, 0.717) is 0 Å². The van der Waals surface area contributed by atoms with Crippen molar-refractivity contribution in [3.8, 4) is 0 Å². The van der Waals surface area contributed by atoms with Crippen LogP contribution in [0, 0.1) is 0 Å². The number of nitrogens with two attached hydrogens (primary N) is 1. The van der Waals surface area contributed by atoms with Crippen LogP contribution in [0.3, 0.4) is 0 Å². The van der Waals surface area contributed by atoms with Crippen molar-refractivity contribution < 1.29 is 38.1 Å². The third kappa shape index (κ3) is 11.9. The largest absolute Gasteiger partial charge is 0.469 e. The standard InChI is InChI=1S/C15H27NO8/c1-20-13(18)4-8-23-11-15(16,10-22-7-3-6-17)12-24-9-5-14(19)21-2/h6H,3-5,7-12,16H2,1-2H3. The Morgan fingerprint density at radius 3 is 1.67 bits per heavy atom. The second-order valence-corrected chi connectivity index (χ2v) is 5.13. The number of aldehydes is 1. The molecule has 0 bridgehead atoms. The van der Waals surface area contributed by atoms with Gasteiger partial charge in [-0.15, -0.1) is 0 Å². The van der Waals surface area contributed by atoms with Gasteiger partial charge in [0.1, 0.15) is 6.29 Å². The van der Waals surface area contributed by atoms with E-state index in [1.54, 1.807) is 0 Å². The number of ether oxygens (including phenoxy) is 5. The van der Waals surface area contributed by atoms with Gasteiger partial charge in [0.15, 0.2) is 0 Å². The molecule has 0 amide bonds. The SMILES string of the molecule is COC(=O)CCOCC(N)(COCCC=O)COCCC(=O)OC. The molecule has 0 aromatic heterocycles. The predicted octanol–water partition coefficient (Wildman–Crippen LogP) is -0.551. The maximum absolute atomic E-state index is 11.0. The molecule has 0 saturated carbocycles. The van der Waals surface area contributed by atoms with Gasteiger partial charge in [-0.2, -0.15) is 0 Å². The Labute approximate surface area is 141 Å². The molecule has 0 saturated heterocycles. The van der Waals surface area contributed by atoms with Crippen molar-refractivity contribution in [2.75, 3.05) is 53.9 Å². The Morgan fingerprint density at radius 1 is 0.875 bits per heavy atom. The summed E-state index contributed by atoms with van der Waals surface area (Å²) >= 11 is 0. The Bertz CT molecular complexity index is 350. The van der Waals surface area contributed by atoms with E-state index in [4.69, 9.17) is 19.9 Å². The summed E-state index contributed by atoms with van der Waals surface area (Å²) in [4.78, 5) is 32.3. The number of hydrogen-bond donors (Lipinski definition) is 1. The molecule has 0 radical (unpaired) electrons. The van der Waals surface area contributed by atoms with E-state index in [1.807, 2.05) is 0 Å². The summed E-state index contributed by atoms with van der Waals surface area (Å²) in [5.41, 5.74) is 5.22. The molecule has 24 heavy (non-hydrogen) atoms. The highest BCUT2D eigenvalue weighted by Crippen LogP contribution is 2.06. The van der Waals surface area contributed by atoms with Crippen molar-refractivity contribution in [2.45, 2.75) is 24.8 Å². The van der Waals surface area contributed by atoms with Gasteiger partial charge in [0.2, 0.25) is 0 Å². The summed E-state index contributed by atoms with van der Waals surface area (Å²) in [5.74, 6) is -0.761. The van der Waals surface area contributed by atoms with Crippen LogP contribution >= 0.6 is 0 Å². The van der Waals surface area contributed by atoms with Crippen LogP contribution in [0.25, 0.3) is 0 Å². The van der Waals surface area contributed by atoms with Crippen LogP contribution < -0.4 is 5.73 Å². The van der Waals surface area contributed by atoms with E-state index in [-0.39, 0.29) is 70.8 Å².